The molecule has 0 saturated carbocycles. The van der Waals surface area contributed by atoms with Gasteiger partial charge >= 0.3 is 105 Å². The molecule has 0 N–H and O–H groups in total. The van der Waals surface area contributed by atoms with Gasteiger partial charge in [-0.3, -0.25) is 0 Å². The molecular formula is C10H16AsBN2O2. The summed E-state index contributed by atoms with van der Waals surface area (Å²) >= 11 is 1.41. The van der Waals surface area contributed by atoms with Crippen molar-refractivity contribution in [1.29, 1.82) is 0 Å². The normalized spacial score (nSPS) is 22.4. The van der Waals surface area contributed by atoms with Crippen LogP contribution in [0.4, 0.5) is 0 Å². The van der Waals surface area contributed by atoms with Crippen LogP contribution in [0.25, 0.3) is 0 Å². The SMILES string of the molecule is CC1(C)OB(c2cnc([AsH2])nc2)OC1(C)C. The molecule has 16 heavy (non-hydrogen) atoms. The molecule has 0 amide bonds. The first-order valence-corrected chi connectivity index (χ1v) is 6.46. The van der Waals surface area contributed by atoms with Crippen molar-refractivity contribution in [2.75, 3.05) is 0 Å². The third-order valence-electron chi connectivity index (χ3n) is 3.22. The van der Waals surface area contributed by atoms with E-state index in [0.29, 0.717) is 0 Å². The molecule has 2 rings (SSSR count). The van der Waals surface area contributed by atoms with E-state index >= 15 is 0 Å². The summed E-state index contributed by atoms with van der Waals surface area (Å²) < 4.78 is 12.6. The summed E-state index contributed by atoms with van der Waals surface area (Å²) in [5.41, 5.74) is 0.249. The summed E-state index contributed by atoms with van der Waals surface area (Å²) in [4.78, 5) is 8.35. The zero-order valence-corrected chi connectivity index (χ0v) is 12.4. The van der Waals surface area contributed by atoms with Crippen LogP contribution < -0.4 is 10.1 Å². The minimum atomic E-state index is -0.363. The van der Waals surface area contributed by atoms with E-state index in [-0.39, 0.29) is 18.3 Å². The predicted octanol–water partition coefficient (Wildman–Crippen LogP) is -0.966. The Morgan fingerprint density at radius 1 is 1.06 bits per heavy atom. The van der Waals surface area contributed by atoms with Crippen LogP contribution in [0.5, 0.6) is 0 Å². The van der Waals surface area contributed by atoms with Gasteiger partial charge < -0.3 is 0 Å². The van der Waals surface area contributed by atoms with Crippen molar-refractivity contribution in [3.8, 4) is 0 Å². The van der Waals surface area contributed by atoms with Crippen LogP contribution in [0.2, 0.25) is 0 Å². The molecule has 1 aromatic heterocycles. The van der Waals surface area contributed by atoms with Crippen molar-refractivity contribution in [3.63, 3.8) is 0 Å². The summed E-state index contributed by atoms with van der Waals surface area (Å²) in [6.07, 6.45) is 3.54. The molecular weight excluding hydrogens is 266 g/mol. The van der Waals surface area contributed by atoms with Crippen LogP contribution in [0.3, 0.4) is 0 Å². The maximum atomic E-state index is 5.89. The van der Waals surface area contributed by atoms with E-state index in [1.165, 1.54) is 16.9 Å². The number of hydrogen-bond donors (Lipinski definition) is 0. The Labute approximate surface area is 105 Å². The molecule has 0 radical (unpaired) electrons. The molecule has 0 bridgehead atoms. The fraction of sp³-hybridized carbons (Fsp3) is 0.600. The van der Waals surface area contributed by atoms with Gasteiger partial charge in [0.25, 0.3) is 0 Å². The standard InChI is InChI=1S/C10H16AsBN2O2/c1-9(2)10(3,4)16-12(15-9)7-5-13-8(11)14-6-7/h5-6H,11H2,1-4H3. The summed E-state index contributed by atoms with van der Waals surface area (Å²) in [5.74, 6) is 0. The molecule has 1 saturated heterocycles. The molecule has 1 aliphatic heterocycles. The van der Waals surface area contributed by atoms with E-state index < -0.39 is 0 Å². The van der Waals surface area contributed by atoms with Gasteiger partial charge in [0.05, 0.1) is 0 Å². The molecule has 1 unspecified atom stereocenters. The van der Waals surface area contributed by atoms with Crippen molar-refractivity contribution >= 4 is 34.0 Å². The Bertz CT molecular complexity index is 378. The number of aromatic nitrogens is 2. The first kappa shape index (κ1) is 12.1. The van der Waals surface area contributed by atoms with Crippen molar-refractivity contribution in [3.05, 3.63) is 12.4 Å². The third kappa shape index (κ3) is 2.04. The van der Waals surface area contributed by atoms with E-state index in [1.807, 2.05) is 27.7 Å². The average Bonchev–Trinajstić information content (AvgIpc) is 2.37. The third-order valence-corrected chi connectivity index (χ3v) is 3.84. The van der Waals surface area contributed by atoms with Crippen LogP contribution in [-0.4, -0.2) is 45.1 Å². The number of hydrogen-bond acceptors (Lipinski definition) is 4. The first-order chi connectivity index (χ1) is 7.32. The van der Waals surface area contributed by atoms with Gasteiger partial charge in [0.1, 0.15) is 0 Å². The van der Waals surface area contributed by atoms with Crippen molar-refractivity contribution < 1.29 is 9.31 Å². The second-order valence-electron chi connectivity index (χ2n) is 4.96. The Morgan fingerprint density at radius 3 is 1.94 bits per heavy atom. The van der Waals surface area contributed by atoms with Gasteiger partial charge in [-0.2, -0.15) is 0 Å². The Balaban J connectivity index is 2.23. The molecule has 1 fully saturated rings. The Morgan fingerprint density at radius 2 is 1.50 bits per heavy atom. The molecule has 4 nitrogen and oxygen atoms in total. The second kappa shape index (κ2) is 3.83. The monoisotopic (exact) mass is 282 g/mol. The molecule has 6 heteroatoms. The molecule has 0 aliphatic carbocycles. The van der Waals surface area contributed by atoms with Crippen LogP contribution >= 0.6 is 0 Å². The molecule has 1 aliphatic rings. The fourth-order valence-electron chi connectivity index (χ4n) is 1.45. The van der Waals surface area contributed by atoms with Gasteiger partial charge in [-0.25, -0.2) is 0 Å². The summed E-state index contributed by atoms with van der Waals surface area (Å²) in [7, 11) is -0.363. The topological polar surface area (TPSA) is 44.2 Å². The van der Waals surface area contributed by atoms with E-state index in [0.717, 1.165) is 10.1 Å². The summed E-state index contributed by atoms with van der Waals surface area (Å²) in [6, 6.07) is 0. The molecule has 1 aromatic rings. The molecule has 86 valence electrons. The first-order valence-electron chi connectivity index (χ1n) is 5.25. The number of rotatable bonds is 1. The van der Waals surface area contributed by atoms with E-state index in [1.54, 1.807) is 12.4 Å². The van der Waals surface area contributed by atoms with Gasteiger partial charge in [0, 0.05) is 0 Å². The molecule has 0 aromatic carbocycles. The minimum absolute atomic E-state index is 0.313. The van der Waals surface area contributed by atoms with Gasteiger partial charge in [-0.05, 0) is 0 Å². The Hall–Kier alpha value is -0.377. The van der Waals surface area contributed by atoms with Crippen LogP contribution in [0.1, 0.15) is 27.7 Å². The molecule has 2 heterocycles. The van der Waals surface area contributed by atoms with Gasteiger partial charge in [-0.1, -0.05) is 0 Å². The van der Waals surface area contributed by atoms with Crippen molar-refractivity contribution in [1.82, 2.24) is 9.97 Å². The van der Waals surface area contributed by atoms with E-state index in [4.69, 9.17) is 9.31 Å². The maximum absolute atomic E-state index is 5.89. The Kier molecular flexibility index (Phi) is 2.89. The predicted molar refractivity (Wildman–Crippen MR) is 65.9 cm³/mol. The van der Waals surface area contributed by atoms with E-state index in [2.05, 4.69) is 9.97 Å². The fourth-order valence-corrected chi connectivity index (χ4v) is 1.76. The average molecular weight is 282 g/mol. The van der Waals surface area contributed by atoms with Gasteiger partial charge in [-0.15, -0.1) is 0 Å². The number of nitrogens with zero attached hydrogens (tertiary/aromatic N) is 2. The van der Waals surface area contributed by atoms with Crippen LogP contribution in [0.15, 0.2) is 12.4 Å². The zero-order chi connectivity index (χ0) is 12.0. The van der Waals surface area contributed by atoms with E-state index in [9.17, 15) is 0 Å². The van der Waals surface area contributed by atoms with Crippen LogP contribution in [0, 0.1) is 0 Å². The van der Waals surface area contributed by atoms with Crippen molar-refractivity contribution in [2.24, 2.45) is 0 Å². The summed E-state index contributed by atoms with van der Waals surface area (Å²) in [6.45, 7) is 8.13. The van der Waals surface area contributed by atoms with Gasteiger partial charge in [0.15, 0.2) is 0 Å². The summed E-state index contributed by atoms with van der Waals surface area (Å²) in [5, 5.41) is 0. The van der Waals surface area contributed by atoms with Gasteiger partial charge in [0.2, 0.25) is 0 Å². The quantitative estimate of drug-likeness (QED) is 0.622. The second-order valence-corrected chi connectivity index (χ2v) is 6.05. The van der Waals surface area contributed by atoms with Crippen molar-refractivity contribution in [2.45, 2.75) is 38.9 Å². The zero-order valence-electron chi connectivity index (χ0n) is 10.0. The molecule has 1 atom stereocenters. The molecule has 0 spiro atoms. The van der Waals surface area contributed by atoms with Crippen LogP contribution in [-0.2, 0) is 9.31 Å².